The molecule has 35 heavy (non-hydrogen) atoms. The molecular formula is C27H30N5O2P. The van der Waals surface area contributed by atoms with Crippen LogP contribution in [0.5, 0.6) is 11.5 Å². The van der Waals surface area contributed by atoms with Crippen LogP contribution in [-0.2, 0) is 0 Å². The Morgan fingerprint density at radius 1 is 0.771 bits per heavy atom. The summed E-state index contributed by atoms with van der Waals surface area (Å²) in [6, 6.07) is 23.9. The number of guanidine groups is 2. The number of nitrogens with zero attached hydrogens (tertiary/aromatic N) is 5. The Bertz CT molecular complexity index is 1320. The Balaban J connectivity index is 1.73. The maximum Gasteiger partial charge on any atom is 0.455 e. The molecule has 4 rings (SSSR count). The average Bonchev–Trinajstić information content (AvgIpc) is 2.84. The summed E-state index contributed by atoms with van der Waals surface area (Å²) in [7, 11) is 4.35. The molecule has 0 amide bonds. The van der Waals surface area contributed by atoms with Crippen molar-refractivity contribution in [2.24, 2.45) is 14.5 Å². The highest BCUT2D eigenvalue weighted by atomic mass is 31.2. The van der Waals surface area contributed by atoms with Gasteiger partial charge in [0.2, 0.25) is 11.9 Å². The first-order valence-corrected chi connectivity index (χ1v) is 12.7. The lowest BCUT2D eigenvalue weighted by molar-refractivity contribution is 0.471. The zero-order chi connectivity index (χ0) is 25.0. The SMILES string of the molecule is C=Cc1ccc(-c2ccc(O[P@]3(Oc4cccc(C)c4)=NC(N(C)C)=NC(N(C)C)=N3)cc2)cc1. The summed E-state index contributed by atoms with van der Waals surface area (Å²) in [5.74, 6) is 2.23. The van der Waals surface area contributed by atoms with Crippen molar-refractivity contribution in [3.8, 4) is 22.6 Å². The summed E-state index contributed by atoms with van der Waals surface area (Å²) in [5, 5.41) is 0. The largest absolute Gasteiger partial charge is 0.455 e. The van der Waals surface area contributed by atoms with Crippen LogP contribution in [0.25, 0.3) is 17.2 Å². The molecule has 0 fully saturated rings. The summed E-state index contributed by atoms with van der Waals surface area (Å²) in [6.45, 7) is 5.83. The molecule has 1 heterocycles. The Labute approximate surface area is 207 Å². The molecule has 0 radical (unpaired) electrons. The highest BCUT2D eigenvalue weighted by Gasteiger charge is 2.32. The van der Waals surface area contributed by atoms with Gasteiger partial charge in [0.05, 0.1) is 0 Å². The van der Waals surface area contributed by atoms with Gasteiger partial charge in [0.25, 0.3) is 0 Å². The van der Waals surface area contributed by atoms with Crippen LogP contribution in [0.4, 0.5) is 0 Å². The maximum absolute atomic E-state index is 6.46. The number of rotatable bonds is 6. The van der Waals surface area contributed by atoms with Crippen molar-refractivity contribution >= 4 is 25.7 Å². The molecule has 0 aliphatic carbocycles. The molecule has 3 aromatic rings. The Morgan fingerprint density at radius 2 is 1.37 bits per heavy atom. The molecule has 0 aromatic heterocycles. The van der Waals surface area contributed by atoms with E-state index in [-0.39, 0.29) is 0 Å². The first kappa shape index (κ1) is 24.3. The fraction of sp³-hybridized carbons (Fsp3) is 0.185. The number of hydrogen-bond donors (Lipinski definition) is 0. The second-order valence-corrected chi connectivity index (χ2v) is 10.3. The van der Waals surface area contributed by atoms with Gasteiger partial charge in [-0.25, -0.2) is 0 Å². The van der Waals surface area contributed by atoms with Crippen LogP contribution in [-0.4, -0.2) is 49.9 Å². The normalized spacial score (nSPS) is 16.9. The van der Waals surface area contributed by atoms with E-state index in [1.165, 1.54) is 0 Å². The Morgan fingerprint density at radius 3 is 1.94 bits per heavy atom. The molecule has 8 heteroatoms. The van der Waals surface area contributed by atoms with Crippen LogP contribution >= 0.6 is 7.66 Å². The van der Waals surface area contributed by atoms with Gasteiger partial charge in [-0.1, -0.05) is 61.2 Å². The molecule has 0 N–H and O–H groups in total. The van der Waals surface area contributed by atoms with Crippen LogP contribution < -0.4 is 9.05 Å². The van der Waals surface area contributed by atoms with E-state index in [9.17, 15) is 0 Å². The number of benzene rings is 3. The van der Waals surface area contributed by atoms with Gasteiger partial charge >= 0.3 is 7.66 Å². The van der Waals surface area contributed by atoms with E-state index < -0.39 is 7.66 Å². The molecule has 0 bridgehead atoms. The van der Waals surface area contributed by atoms with Crippen molar-refractivity contribution in [1.29, 1.82) is 0 Å². The van der Waals surface area contributed by atoms with Gasteiger partial charge in [0.15, 0.2) is 0 Å². The lowest BCUT2D eigenvalue weighted by Gasteiger charge is -2.27. The number of aliphatic imine (C=N–C) groups is 1. The summed E-state index contributed by atoms with van der Waals surface area (Å²) < 4.78 is 22.5. The molecule has 0 saturated carbocycles. The summed E-state index contributed by atoms with van der Waals surface area (Å²) in [4.78, 5) is 8.21. The zero-order valence-electron chi connectivity index (χ0n) is 20.7. The molecule has 0 saturated heterocycles. The second-order valence-electron chi connectivity index (χ2n) is 8.54. The van der Waals surface area contributed by atoms with Gasteiger partial charge in [-0.3, -0.25) is 0 Å². The number of hydrogen-bond acceptors (Lipinski definition) is 7. The van der Waals surface area contributed by atoms with Crippen LogP contribution in [0.1, 0.15) is 11.1 Å². The maximum atomic E-state index is 6.46. The molecule has 1 aliphatic heterocycles. The Hall–Kier alpha value is -3.83. The van der Waals surface area contributed by atoms with E-state index in [4.69, 9.17) is 18.6 Å². The Kier molecular flexibility index (Phi) is 7.08. The van der Waals surface area contributed by atoms with Gasteiger partial charge in [0, 0.05) is 28.2 Å². The molecule has 3 aromatic carbocycles. The van der Waals surface area contributed by atoms with E-state index in [0.717, 1.165) is 22.3 Å². The van der Waals surface area contributed by atoms with Gasteiger partial charge in [0.1, 0.15) is 11.5 Å². The molecule has 1 atom stereocenters. The van der Waals surface area contributed by atoms with Crippen LogP contribution in [0, 0.1) is 6.92 Å². The van der Waals surface area contributed by atoms with E-state index in [2.05, 4.69) is 23.7 Å². The molecule has 7 nitrogen and oxygen atoms in total. The van der Waals surface area contributed by atoms with Gasteiger partial charge in [-0.05, 0) is 53.4 Å². The number of aryl methyl sites for hydroxylation is 1. The monoisotopic (exact) mass is 487 g/mol. The minimum absolute atomic E-state index is 0.489. The summed E-state index contributed by atoms with van der Waals surface area (Å²) in [5.41, 5.74) is 4.34. The minimum atomic E-state index is -3.18. The van der Waals surface area contributed by atoms with E-state index in [0.29, 0.717) is 23.4 Å². The van der Waals surface area contributed by atoms with Gasteiger partial charge in [-0.2, -0.15) is 4.99 Å². The van der Waals surface area contributed by atoms with Crippen molar-refractivity contribution in [3.63, 3.8) is 0 Å². The highest BCUT2D eigenvalue weighted by Crippen LogP contribution is 2.55. The third-order valence-electron chi connectivity index (χ3n) is 5.20. The molecule has 0 unspecified atom stereocenters. The smallest absolute Gasteiger partial charge is 0.413 e. The summed E-state index contributed by atoms with van der Waals surface area (Å²) in [6.07, 6.45) is 1.83. The predicted octanol–water partition coefficient (Wildman–Crippen LogP) is 6.56. The topological polar surface area (TPSA) is 62.0 Å². The van der Waals surface area contributed by atoms with Crippen molar-refractivity contribution in [2.45, 2.75) is 6.92 Å². The molecule has 180 valence electrons. The van der Waals surface area contributed by atoms with E-state index in [1.807, 2.05) is 112 Å². The van der Waals surface area contributed by atoms with Crippen LogP contribution in [0.2, 0.25) is 0 Å². The minimum Gasteiger partial charge on any atom is -0.413 e. The third kappa shape index (κ3) is 5.81. The molecule has 0 spiro atoms. The third-order valence-corrected chi connectivity index (χ3v) is 6.96. The fourth-order valence-electron chi connectivity index (χ4n) is 3.33. The lowest BCUT2D eigenvalue weighted by Crippen LogP contribution is -2.29. The highest BCUT2D eigenvalue weighted by molar-refractivity contribution is 7.56. The van der Waals surface area contributed by atoms with Crippen LogP contribution in [0.3, 0.4) is 0 Å². The quantitative estimate of drug-likeness (QED) is 0.370. The van der Waals surface area contributed by atoms with E-state index >= 15 is 0 Å². The first-order valence-electron chi connectivity index (χ1n) is 11.2. The average molecular weight is 488 g/mol. The van der Waals surface area contributed by atoms with Crippen molar-refractivity contribution in [3.05, 3.63) is 90.5 Å². The van der Waals surface area contributed by atoms with E-state index in [1.54, 1.807) is 0 Å². The lowest BCUT2D eigenvalue weighted by atomic mass is 10.0. The van der Waals surface area contributed by atoms with Crippen LogP contribution in [0.15, 0.2) is 93.9 Å². The first-order chi connectivity index (χ1) is 16.8. The predicted molar refractivity (Wildman–Crippen MR) is 146 cm³/mol. The standard InChI is InChI=1S/C27H30N5O2P/c1-7-21-11-13-22(14-12-21)23-15-17-24(18-16-23)33-35(34-25-10-8-9-20(2)19-25)29-26(31(3)4)28-27(30-35)32(5)6/h7-19H,1H2,2-6H3. The summed E-state index contributed by atoms with van der Waals surface area (Å²) >= 11 is 0. The van der Waals surface area contributed by atoms with Crippen molar-refractivity contribution < 1.29 is 9.05 Å². The van der Waals surface area contributed by atoms with Gasteiger partial charge in [-0.15, -0.1) is 9.51 Å². The zero-order valence-corrected chi connectivity index (χ0v) is 21.6. The molecule has 1 aliphatic rings. The molecular weight excluding hydrogens is 457 g/mol. The van der Waals surface area contributed by atoms with Crippen molar-refractivity contribution in [2.75, 3.05) is 28.2 Å². The van der Waals surface area contributed by atoms with Crippen molar-refractivity contribution in [1.82, 2.24) is 9.80 Å². The second kappa shape index (κ2) is 10.2. The fourth-order valence-corrected chi connectivity index (χ4v) is 5.26. The van der Waals surface area contributed by atoms with Gasteiger partial charge < -0.3 is 18.8 Å².